The number of unbranched alkanes of at least 4 members (excludes halogenated alkanes) is 1. The van der Waals surface area contributed by atoms with Gasteiger partial charge in [0, 0.05) is 0 Å². The number of nitrogens with zero attached hydrogens (tertiary/aromatic N) is 2. The van der Waals surface area contributed by atoms with Crippen molar-refractivity contribution >= 4 is 51.0 Å². The minimum Gasteiger partial charge on any atom is -0.494 e. The Kier molecular flexibility index (Phi) is 8.95. The number of hydrogen-bond acceptors (Lipinski definition) is 5. The second-order valence-electron chi connectivity index (χ2n) is 6.43. The molecule has 2 aromatic carbocycles. The van der Waals surface area contributed by atoms with E-state index in [4.69, 9.17) is 27.9 Å². The Bertz CT molecular complexity index is 996. The van der Waals surface area contributed by atoms with E-state index in [9.17, 15) is 13.2 Å². The Morgan fingerprint density at radius 3 is 2.47 bits per heavy atom. The molecule has 0 aromatic heterocycles. The Morgan fingerprint density at radius 1 is 1.17 bits per heavy atom. The van der Waals surface area contributed by atoms with Gasteiger partial charge in [0.25, 0.3) is 5.91 Å². The molecule has 30 heavy (non-hydrogen) atoms. The number of hydrogen-bond donors (Lipinski definition) is 1. The van der Waals surface area contributed by atoms with Crippen LogP contribution in [0, 0.1) is 0 Å². The molecule has 0 heterocycles. The summed E-state index contributed by atoms with van der Waals surface area (Å²) in [4.78, 5) is 12.2. The molecule has 0 fully saturated rings. The Labute approximate surface area is 186 Å². The molecule has 0 aliphatic heterocycles. The van der Waals surface area contributed by atoms with Crippen LogP contribution in [-0.4, -0.2) is 39.9 Å². The third kappa shape index (κ3) is 7.51. The monoisotopic (exact) mass is 471 g/mol. The number of halogens is 2. The van der Waals surface area contributed by atoms with Gasteiger partial charge in [0.1, 0.15) is 12.3 Å². The number of anilines is 1. The zero-order valence-corrected chi connectivity index (χ0v) is 19.0. The first kappa shape index (κ1) is 24.0. The van der Waals surface area contributed by atoms with E-state index in [1.54, 1.807) is 12.1 Å². The molecule has 0 spiro atoms. The van der Waals surface area contributed by atoms with Crippen molar-refractivity contribution in [1.29, 1.82) is 0 Å². The minimum atomic E-state index is -3.73. The lowest BCUT2D eigenvalue weighted by molar-refractivity contribution is -0.119. The normalized spacial score (nSPS) is 11.5. The van der Waals surface area contributed by atoms with E-state index in [1.165, 1.54) is 24.4 Å². The molecule has 0 unspecified atom stereocenters. The van der Waals surface area contributed by atoms with Crippen LogP contribution in [0.3, 0.4) is 0 Å². The van der Waals surface area contributed by atoms with Gasteiger partial charge in [-0.05, 0) is 54.4 Å². The highest BCUT2D eigenvalue weighted by Gasteiger charge is 2.21. The molecule has 0 aliphatic carbocycles. The number of hydrazone groups is 1. The summed E-state index contributed by atoms with van der Waals surface area (Å²) < 4.78 is 30.7. The molecule has 2 aromatic rings. The first-order chi connectivity index (χ1) is 14.2. The SMILES string of the molecule is CCCCOc1ccc(/C=N\NC(=O)CN(c2ccc(Cl)c(Cl)c2)S(C)(=O)=O)cc1. The predicted molar refractivity (Wildman–Crippen MR) is 121 cm³/mol. The maximum atomic E-state index is 12.2. The van der Waals surface area contributed by atoms with Crippen molar-refractivity contribution in [3.8, 4) is 5.75 Å². The summed E-state index contributed by atoms with van der Waals surface area (Å²) in [6.45, 7) is 2.30. The Hall–Kier alpha value is -2.29. The molecule has 0 atom stereocenters. The topological polar surface area (TPSA) is 88.1 Å². The van der Waals surface area contributed by atoms with Crippen molar-refractivity contribution in [2.45, 2.75) is 19.8 Å². The van der Waals surface area contributed by atoms with Gasteiger partial charge in [0.15, 0.2) is 0 Å². The summed E-state index contributed by atoms with van der Waals surface area (Å²) in [5, 5.41) is 4.34. The molecule has 10 heteroatoms. The number of nitrogens with one attached hydrogen (secondary N) is 1. The summed E-state index contributed by atoms with van der Waals surface area (Å²) in [6, 6.07) is 11.5. The van der Waals surface area contributed by atoms with Gasteiger partial charge < -0.3 is 4.74 Å². The van der Waals surface area contributed by atoms with Crippen molar-refractivity contribution < 1.29 is 17.9 Å². The zero-order valence-electron chi connectivity index (χ0n) is 16.6. The molecule has 162 valence electrons. The summed E-state index contributed by atoms with van der Waals surface area (Å²) >= 11 is 11.8. The predicted octanol–water partition coefficient (Wildman–Crippen LogP) is 4.09. The number of ether oxygens (including phenoxy) is 1. The van der Waals surface area contributed by atoms with Crippen LogP contribution in [0.25, 0.3) is 0 Å². The van der Waals surface area contributed by atoms with Crippen molar-refractivity contribution in [3.05, 3.63) is 58.1 Å². The lowest BCUT2D eigenvalue weighted by Gasteiger charge is -2.21. The van der Waals surface area contributed by atoms with E-state index in [2.05, 4.69) is 17.5 Å². The highest BCUT2D eigenvalue weighted by molar-refractivity contribution is 7.92. The summed E-state index contributed by atoms with van der Waals surface area (Å²) in [5.74, 6) is 0.150. The highest BCUT2D eigenvalue weighted by atomic mass is 35.5. The van der Waals surface area contributed by atoms with E-state index < -0.39 is 22.5 Å². The standard InChI is InChI=1S/C20H23Cl2N3O4S/c1-3-4-11-29-17-8-5-15(6-9-17)13-23-24-20(26)14-25(30(2,27)28)16-7-10-18(21)19(22)12-16/h5-10,12-13H,3-4,11,14H2,1-2H3,(H,24,26)/b23-13-. The molecule has 1 amide bonds. The molecule has 0 aliphatic rings. The largest absolute Gasteiger partial charge is 0.494 e. The molecule has 0 radical (unpaired) electrons. The number of carbonyl (C=O) groups excluding carboxylic acids is 1. The van der Waals surface area contributed by atoms with Crippen LogP contribution in [-0.2, 0) is 14.8 Å². The van der Waals surface area contributed by atoms with Gasteiger partial charge in [0.2, 0.25) is 10.0 Å². The van der Waals surface area contributed by atoms with E-state index in [-0.39, 0.29) is 15.7 Å². The molecule has 0 saturated carbocycles. The number of carbonyl (C=O) groups is 1. The molecule has 7 nitrogen and oxygen atoms in total. The average molecular weight is 472 g/mol. The summed E-state index contributed by atoms with van der Waals surface area (Å²) in [7, 11) is -3.73. The number of benzene rings is 2. The lowest BCUT2D eigenvalue weighted by Crippen LogP contribution is -2.39. The van der Waals surface area contributed by atoms with Gasteiger partial charge in [-0.15, -0.1) is 0 Å². The van der Waals surface area contributed by atoms with Crippen LogP contribution in [0.15, 0.2) is 47.6 Å². The number of amides is 1. The van der Waals surface area contributed by atoms with Crippen molar-refractivity contribution in [1.82, 2.24) is 5.43 Å². The fraction of sp³-hybridized carbons (Fsp3) is 0.300. The van der Waals surface area contributed by atoms with Crippen molar-refractivity contribution in [2.24, 2.45) is 5.10 Å². The number of sulfonamides is 1. The number of rotatable bonds is 10. The van der Waals surface area contributed by atoms with Gasteiger partial charge in [0.05, 0.1) is 34.8 Å². The van der Waals surface area contributed by atoms with Crippen molar-refractivity contribution in [3.63, 3.8) is 0 Å². The third-order valence-corrected chi connectivity index (χ3v) is 5.81. The van der Waals surface area contributed by atoms with E-state index in [0.717, 1.165) is 34.7 Å². The van der Waals surface area contributed by atoms with Crippen LogP contribution in [0.4, 0.5) is 5.69 Å². The molecular formula is C20H23Cl2N3O4S. The van der Waals surface area contributed by atoms with Gasteiger partial charge in [-0.2, -0.15) is 5.10 Å². The Morgan fingerprint density at radius 2 is 1.87 bits per heavy atom. The van der Waals surface area contributed by atoms with E-state index in [0.29, 0.717) is 6.61 Å². The lowest BCUT2D eigenvalue weighted by atomic mass is 10.2. The van der Waals surface area contributed by atoms with Crippen LogP contribution >= 0.6 is 23.2 Å². The van der Waals surface area contributed by atoms with Crippen LogP contribution in [0.1, 0.15) is 25.3 Å². The second kappa shape index (κ2) is 11.2. The maximum Gasteiger partial charge on any atom is 0.260 e. The molecular weight excluding hydrogens is 449 g/mol. The second-order valence-corrected chi connectivity index (χ2v) is 9.15. The highest BCUT2D eigenvalue weighted by Crippen LogP contribution is 2.28. The maximum absolute atomic E-state index is 12.2. The average Bonchev–Trinajstić information content (AvgIpc) is 2.69. The molecule has 2 rings (SSSR count). The Balaban J connectivity index is 1.98. The zero-order chi connectivity index (χ0) is 22.1. The quantitative estimate of drug-likeness (QED) is 0.321. The van der Waals surface area contributed by atoms with Crippen LogP contribution < -0.4 is 14.5 Å². The fourth-order valence-corrected chi connectivity index (χ4v) is 3.51. The molecule has 0 bridgehead atoms. The minimum absolute atomic E-state index is 0.184. The molecule has 0 saturated heterocycles. The van der Waals surface area contributed by atoms with Gasteiger partial charge >= 0.3 is 0 Å². The summed E-state index contributed by atoms with van der Waals surface area (Å²) in [5.41, 5.74) is 3.30. The first-order valence-corrected chi connectivity index (χ1v) is 11.8. The van der Waals surface area contributed by atoms with Gasteiger partial charge in [-0.25, -0.2) is 13.8 Å². The van der Waals surface area contributed by atoms with Gasteiger partial charge in [-0.3, -0.25) is 9.10 Å². The first-order valence-electron chi connectivity index (χ1n) is 9.18. The summed E-state index contributed by atoms with van der Waals surface area (Å²) in [6.07, 6.45) is 4.50. The van der Waals surface area contributed by atoms with Crippen LogP contribution in [0.5, 0.6) is 5.75 Å². The smallest absolute Gasteiger partial charge is 0.260 e. The molecule has 1 N–H and O–H groups in total. The van der Waals surface area contributed by atoms with Crippen LogP contribution in [0.2, 0.25) is 10.0 Å². The van der Waals surface area contributed by atoms with E-state index in [1.807, 2.05) is 12.1 Å². The fourth-order valence-electron chi connectivity index (χ4n) is 2.37. The van der Waals surface area contributed by atoms with Crippen molar-refractivity contribution in [2.75, 3.05) is 23.7 Å². The third-order valence-electron chi connectivity index (χ3n) is 3.93. The van der Waals surface area contributed by atoms with E-state index >= 15 is 0 Å². The van der Waals surface area contributed by atoms with Gasteiger partial charge in [-0.1, -0.05) is 36.5 Å².